The summed E-state index contributed by atoms with van der Waals surface area (Å²) in [5.74, 6) is -1.52. The largest absolute Gasteiger partial charge is 0.465 e. The molecule has 0 aliphatic carbocycles. The van der Waals surface area contributed by atoms with E-state index < -0.39 is 17.9 Å². The molecule has 24 heavy (non-hydrogen) atoms. The second kappa shape index (κ2) is 7.92. The van der Waals surface area contributed by atoms with Gasteiger partial charge in [0.25, 0.3) is 0 Å². The normalized spacial score (nSPS) is 10.0. The van der Waals surface area contributed by atoms with Crippen LogP contribution in [-0.4, -0.2) is 38.2 Å². The zero-order chi connectivity index (χ0) is 17.5. The molecule has 6 heteroatoms. The predicted molar refractivity (Wildman–Crippen MR) is 86.7 cm³/mol. The van der Waals surface area contributed by atoms with Crippen molar-refractivity contribution in [3.05, 3.63) is 60.2 Å². The average Bonchev–Trinajstić information content (AvgIpc) is 2.63. The maximum atomic E-state index is 12.0. The van der Waals surface area contributed by atoms with Crippen molar-refractivity contribution in [1.82, 2.24) is 0 Å². The molecule has 0 aromatic heterocycles. The Morgan fingerprint density at radius 3 is 2.00 bits per heavy atom. The van der Waals surface area contributed by atoms with Crippen molar-refractivity contribution in [3.8, 4) is 0 Å². The van der Waals surface area contributed by atoms with Crippen LogP contribution < -0.4 is 0 Å². The number of fused-ring (bicyclic) bond motifs is 1. The molecule has 2 rings (SSSR count). The van der Waals surface area contributed by atoms with Gasteiger partial charge in [-0.25, -0.2) is 14.4 Å². The topological polar surface area (TPSA) is 78.9 Å². The first-order chi connectivity index (χ1) is 11.5. The van der Waals surface area contributed by atoms with Gasteiger partial charge in [-0.05, 0) is 35.0 Å². The highest BCUT2D eigenvalue weighted by atomic mass is 16.6. The van der Waals surface area contributed by atoms with Crippen molar-refractivity contribution in [2.45, 2.75) is 0 Å². The van der Waals surface area contributed by atoms with E-state index in [9.17, 15) is 14.4 Å². The lowest BCUT2D eigenvalue weighted by molar-refractivity contribution is -0.138. The van der Waals surface area contributed by atoms with Crippen molar-refractivity contribution < 1.29 is 28.6 Å². The molecule has 0 atom stereocenters. The summed E-state index contributed by atoms with van der Waals surface area (Å²) in [6.07, 6.45) is 1.04. The second-order valence-electron chi connectivity index (χ2n) is 4.78. The van der Waals surface area contributed by atoms with Gasteiger partial charge in [0.15, 0.2) is 0 Å². The van der Waals surface area contributed by atoms with Gasteiger partial charge in [-0.2, -0.15) is 0 Å². The van der Waals surface area contributed by atoms with Crippen molar-refractivity contribution in [1.29, 1.82) is 0 Å². The lowest BCUT2D eigenvalue weighted by Gasteiger charge is -2.07. The Morgan fingerprint density at radius 2 is 1.46 bits per heavy atom. The Labute approximate surface area is 138 Å². The highest BCUT2D eigenvalue weighted by Crippen LogP contribution is 2.19. The van der Waals surface area contributed by atoms with Crippen LogP contribution in [0.2, 0.25) is 0 Å². The highest BCUT2D eigenvalue weighted by Gasteiger charge is 2.10. The van der Waals surface area contributed by atoms with Crippen LogP contribution >= 0.6 is 0 Å². The minimum absolute atomic E-state index is 0.0351. The van der Waals surface area contributed by atoms with Crippen LogP contribution in [0, 0.1) is 0 Å². The zero-order valence-electron chi connectivity index (χ0n) is 13.1. The molecule has 0 heterocycles. The van der Waals surface area contributed by atoms with Crippen LogP contribution in [0.25, 0.3) is 10.8 Å². The Kier molecular flexibility index (Phi) is 5.68. The molecule has 0 saturated carbocycles. The molecule has 0 spiro atoms. The van der Waals surface area contributed by atoms with Crippen molar-refractivity contribution >= 4 is 28.7 Å². The number of esters is 3. The predicted octanol–water partition coefficient (Wildman–Crippen LogP) is 2.51. The summed E-state index contributed by atoms with van der Waals surface area (Å²) in [6.45, 7) is 3.18. The van der Waals surface area contributed by atoms with Gasteiger partial charge in [-0.1, -0.05) is 18.7 Å². The first-order valence-electron chi connectivity index (χ1n) is 7.13. The van der Waals surface area contributed by atoms with Gasteiger partial charge >= 0.3 is 17.9 Å². The number of ether oxygens (including phenoxy) is 3. The van der Waals surface area contributed by atoms with Crippen LogP contribution in [0.3, 0.4) is 0 Å². The fourth-order valence-corrected chi connectivity index (χ4v) is 2.04. The van der Waals surface area contributed by atoms with Gasteiger partial charge < -0.3 is 14.2 Å². The molecule has 0 saturated heterocycles. The van der Waals surface area contributed by atoms with Gasteiger partial charge in [-0.15, -0.1) is 0 Å². The number of methoxy groups -OCH3 is 1. The van der Waals surface area contributed by atoms with Gasteiger partial charge in [0.1, 0.15) is 13.2 Å². The summed E-state index contributed by atoms with van der Waals surface area (Å²) in [5, 5.41) is 1.59. The monoisotopic (exact) mass is 328 g/mol. The Morgan fingerprint density at radius 1 is 0.917 bits per heavy atom. The molecule has 0 fully saturated rings. The van der Waals surface area contributed by atoms with E-state index in [0.717, 1.165) is 16.8 Å². The third-order valence-electron chi connectivity index (χ3n) is 3.22. The van der Waals surface area contributed by atoms with Gasteiger partial charge in [-0.3, -0.25) is 0 Å². The third-order valence-corrected chi connectivity index (χ3v) is 3.22. The van der Waals surface area contributed by atoms with E-state index in [1.54, 1.807) is 36.4 Å². The molecule has 0 amide bonds. The molecule has 0 N–H and O–H groups in total. The summed E-state index contributed by atoms with van der Waals surface area (Å²) in [6, 6.07) is 10.0. The van der Waals surface area contributed by atoms with Crippen LogP contribution in [0.4, 0.5) is 0 Å². The minimum Gasteiger partial charge on any atom is -0.465 e. The second-order valence-corrected chi connectivity index (χ2v) is 4.78. The number of benzene rings is 2. The number of rotatable bonds is 6. The lowest BCUT2D eigenvalue weighted by atomic mass is 10.0. The lowest BCUT2D eigenvalue weighted by Crippen LogP contribution is -2.12. The van der Waals surface area contributed by atoms with Gasteiger partial charge in [0.2, 0.25) is 0 Å². The maximum Gasteiger partial charge on any atom is 0.338 e. The van der Waals surface area contributed by atoms with E-state index in [-0.39, 0.29) is 13.2 Å². The summed E-state index contributed by atoms with van der Waals surface area (Å²) in [7, 11) is 1.32. The van der Waals surface area contributed by atoms with E-state index in [4.69, 9.17) is 9.47 Å². The first kappa shape index (κ1) is 17.2. The summed E-state index contributed by atoms with van der Waals surface area (Å²) >= 11 is 0. The molecule has 124 valence electrons. The highest BCUT2D eigenvalue weighted by molar-refractivity contribution is 5.98. The molecule has 0 radical (unpaired) electrons. The third kappa shape index (κ3) is 4.19. The first-order valence-corrected chi connectivity index (χ1v) is 7.13. The standard InChI is InChI=1S/C18H16O6/c1-3-16(19)23-8-9-24-18(21)15-7-5-12-10-14(17(20)22-2)6-4-13(12)11-15/h3-7,10-11H,1,8-9H2,2H3. The molecular formula is C18H16O6. The number of hydrogen-bond donors (Lipinski definition) is 0. The van der Waals surface area contributed by atoms with Crippen LogP contribution in [0.5, 0.6) is 0 Å². The van der Waals surface area contributed by atoms with Gasteiger partial charge in [0, 0.05) is 6.08 Å². The van der Waals surface area contributed by atoms with E-state index in [2.05, 4.69) is 11.3 Å². The fourth-order valence-electron chi connectivity index (χ4n) is 2.04. The van der Waals surface area contributed by atoms with E-state index in [0.29, 0.717) is 11.1 Å². The number of carbonyl (C=O) groups is 3. The quantitative estimate of drug-likeness (QED) is 0.351. The molecule has 2 aromatic rings. The zero-order valence-corrected chi connectivity index (χ0v) is 13.1. The SMILES string of the molecule is C=CC(=O)OCCOC(=O)c1ccc2cc(C(=O)OC)ccc2c1. The summed E-state index contributed by atoms with van der Waals surface area (Å²) in [4.78, 5) is 34.3. The number of hydrogen-bond acceptors (Lipinski definition) is 6. The Bertz CT molecular complexity index is 793. The average molecular weight is 328 g/mol. The van der Waals surface area contributed by atoms with E-state index in [1.165, 1.54) is 7.11 Å². The Balaban J connectivity index is 2.04. The summed E-state index contributed by atoms with van der Waals surface area (Å²) < 4.78 is 14.4. The van der Waals surface area contributed by atoms with E-state index >= 15 is 0 Å². The van der Waals surface area contributed by atoms with Gasteiger partial charge in [0.05, 0.1) is 18.2 Å². The van der Waals surface area contributed by atoms with Crippen LogP contribution in [0.1, 0.15) is 20.7 Å². The molecule has 6 nitrogen and oxygen atoms in total. The molecular weight excluding hydrogens is 312 g/mol. The maximum absolute atomic E-state index is 12.0. The molecule has 0 aliphatic rings. The van der Waals surface area contributed by atoms with Crippen molar-refractivity contribution in [2.24, 2.45) is 0 Å². The van der Waals surface area contributed by atoms with Crippen LogP contribution in [0.15, 0.2) is 49.1 Å². The molecule has 0 bridgehead atoms. The smallest absolute Gasteiger partial charge is 0.338 e. The van der Waals surface area contributed by atoms with Crippen LogP contribution in [-0.2, 0) is 19.0 Å². The molecule has 2 aromatic carbocycles. The Hall–Kier alpha value is -3.15. The fraction of sp³-hybridized carbons (Fsp3) is 0.167. The van der Waals surface area contributed by atoms with Crippen molar-refractivity contribution in [2.75, 3.05) is 20.3 Å². The van der Waals surface area contributed by atoms with E-state index in [1.807, 2.05) is 0 Å². The number of carbonyl (C=O) groups excluding carboxylic acids is 3. The minimum atomic E-state index is -0.571. The van der Waals surface area contributed by atoms with Crippen molar-refractivity contribution in [3.63, 3.8) is 0 Å². The summed E-state index contributed by atoms with van der Waals surface area (Å²) in [5.41, 5.74) is 0.799. The molecule has 0 unspecified atom stereocenters. The molecule has 0 aliphatic heterocycles.